The lowest BCUT2D eigenvalue weighted by Crippen LogP contribution is -2.46. The highest BCUT2D eigenvalue weighted by atomic mass is 19.4. The lowest BCUT2D eigenvalue weighted by Gasteiger charge is -2.39. The number of carbonyl (C=O) groups excluding carboxylic acids is 1. The van der Waals surface area contributed by atoms with Crippen LogP contribution in [0.15, 0.2) is 24.3 Å². The van der Waals surface area contributed by atoms with Crippen LogP contribution in [-0.4, -0.2) is 42.1 Å². The van der Waals surface area contributed by atoms with Crippen molar-refractivity contribution in [3.05, 3.63) is 35.4 Å². The summed E-state index contributed by atoms with van der Waals surface area (Å²) in [7, 11) is 1.43. The molecule has 1 saturated heterocycles. The fourth-order valence-electron chi connectivity index (χ4n) is 2.98. The maximum absolute atomic E-state index is 13.0. The van der Waals surface area contributed by atoms with Gasteiger partial charge in [-0.25, -0.2) is 0 Å². The monoisotopic (exact) mass is 345 g/mol. The van der Waals surface area contributed by atoms with Crippen molar-refractivity contribution in [2.24, 2.45) is 5.92 Å². The Morgan fingerprint density at radius 2 is 2.12 bits per heavy atom. The van der Waals surface area contributed by atoms with Crippen LogP contribution in [0.4, 0.5) is 13.2 Å². The number of rotatable bonds is 5. The molecule has 1 aromatic carbocycles. The van der Waals surface area contributed by atoms with Gasteiger partial charge in [0.15, 0.2) is 0 Å². The molecule has 2 rings (SSSR count). The summed E-state index contributed by atoms with van der Waals surface area (Å²) in [6, 6.07) is 3.54. The first-order valence-corrected chi connectivity index (χ1v) is 7.44. The second-order valence-electron chi connectivity index (χ2n) is 5.63. The minimum absolute atomic E-state index is 0.0517. The van der Waals surface area contributed by atoms with Crippen molar-refractivity contribution in [2.75, 3.05) is 20.3 Å². The van der Waals surface area contributed by atoms with Gasteiger partial charge >= 0.3 is 12.1 Å². The molecule has 0 radical (unpaired) electrons. The number of benzene rings is 1. The molecule has 2 atom stereocenters. The minimum atomic E-state index is -4.54. The van der Waals surface area contributed by atoms with Gasteiger partial charge in [0.1, 0.15) is 0 Å². The number of ether oxygens (including phenoxy) is 1. The number of carbonyl (C=O) groups is 2. The summed E-state index contributed by atoms with van der Waals surface area (Å²) in [6.07, 6.45) is -4.39. The number of alkyl halides is 3. The molecule has 5 nitrogen and oxygen atoms in total. The molecule has 0 aliphatic carbocycles. The summed E-state index contributed by atoms with van der Waals surface area (Å²) >= 11 is 0. The van der Waals surface area contributed by atoms with Crippen molar-refractivity contribution < 1.29 is 32.6 Å². The Balaban J connectivity index is 2.45. The standard InChI is InChI=1S/C16H18F3NO4/c1-24-8-7-20-13(21)6-5-12(15(22)23)14(20)10-3-2-4-11(9-10)16(17,18)19/h2-4,9,12,14H,5-8H2,1H3,(H,22,23)/t12-,14-/m0/s1. The van der Waals surface area contributed by atoms with Crippen LogP contribution >= 0.6 is 0 Å². The molecule has 0 saturated carbocycles. The Morgan fingerprint density at radius 1 is 1.42 bits per heavy atom. The van der Waals surface area contributed by atoms with E-state index in [1.807, 2.05) is 0 Å². The van der Waals surface area contributed by atoms with Gasteiger partial charge in [0.25, 0.3) is 0 Å². The van der Waals surface area contributed by atoms with E-state index >= 15 is 0 Å². The molecule has 1 fully saturated rings. The highest BCUT2D eigenvalue weighted by Gasteiger charge is 2.41. The molecular formula is C16H18F3NO4. The van der Waals surface area contributed by atoms with Gasteiger partial charge in [-0.2, -0.15) is 13.2 Å². The largest absolute Gasteiger partial charge is 0.481 e. The number of hydrogen-bond acceptors (Lipinski definition) is 3. The number of carboxylic acids is 1. The van der Waals surface area contributed by atoms with Gasteiger partial charge in [0.05, 0.1) is 24.1 Å². The Morgan fingerprint density at radius 3 is 2.71 bits per heavy atom. The smallest absolute Gasteiger partial charge is 0.416 e. The Hall–Kier alpha value is -2.09. The average Bonchev–Trinajstić information content (AvgIpc) is 2.52. The quantitative estimate of drug-likeness (QED) is 0.891. The zero-order valence-corrected chi connectivity index (χ0v) is 13.0. The molecule has 1 aliphatic rings. The van der Waals surface area contributed by atoms with Gasteiger partial charge in [-0.1, -0.05) is 12.1 Å². The van der Waals surface area contributed by atoms with Crippen molar-refractivity contribution in [3.8, 4) is 0 Å². The summed E-state index contributed by atoms with van der Waals surface area (Å²) in [5.41, 5.74) is -0.699. The molecule has 1 amide bonds. The summed E-state index contributed by atoms with van der Waals surface area (Å²) in [6.45, 7) is 0.299. The zero-order valence-electron chi connectivity index (χ0n) is 13.0. The van der Waals surface area contributed by atoms with Gasteiger partial charge in [-0.15, -0.1) is 0 Å². The van der Waals surface area contributed by atoms with Crippen LogP contribution in [-0.2, 0) is 20.5 Å². The van der Waals surface area contributed by atoms with Crippen LogP contribution in [0, 0.1) is 5.92 Å². The summed E-state index contributed by atoms with van der Waals surface area (Å²) < 4.78 is 43.8. The lowest BCUT2D eigenvalue weighted by molar-refractivity contribution is -0.152. The Labute approximate surface area is 137 Å². The van der Waals surface area contributed by atoms with Crippen molar-refractivity contribution in [2.45, 2.75) is 25.1 Å². The van der Waals surface area contributed by atoms with E-state index in [2.05, 4.69) is 0 Å². The second kappa shape index (κ2) is 7.21. The zero-order chi connectivity index (χ0) is 17.9. The van der Waals surface area contributed by atoms with Gasteiger partial charge in [-0.3, -0.25) is 9.59 Å². The number of amides is 1. The highest BCUT2D eigenvalue weighted by molar-refractivity contribution is 5.81. The number of hydrogen-bond donors (Lipinski definition) is 1. The van der Waals surface area contributed by atoms with E-state index in [0.29, 0.717) is 0 Å². The summed E-state index contributed by atoms with van der Waals surface area (Å²) in [4.78, 5) is 25.1. The van der Waals surface area contributed by atoms with Crippen molar-refractivity contribution in [1.29, 1.82) is 0 Å². The summed E-state index contributed by atoms with van der Waals surface area (Å²) in [5.74, 6) is -2.37. The normalized spacial score (nSPS) is 21.8. The molecule has 0 bridgehead atoms. The van der Waals surface area contributed by atoms with E-state index < -0.39 is 29.7 Å². The average molecular weight is 345 g/mol. The van der Waals surface area contributed by atoms with Crippen LogP contribution < -0.4 is 0 Å². The Kier molecular flexibility index (Phi) is 5.48. The van der Waals surface area contributed by atoms with Gasteiger partial charge in [-0.05, 0) is 24.1 Å². The number of nitrogens with zero attached hydrogens (tertiary/aromatic N) is 1. The topological polar surface area (TPSA) is 66.8 Å². The van der Waals surface area contributed by atoms with E-state index in [9.17, 15) is 27.9 Å². The number of methoxy groups -OCH3 is 1. The van der Waals surface area contributed by atoms with E-state index in [1.54, 1.807) is 0 Å². The molecule has 24 heavy (non-hydrogen) atoms. The van der Waals surface area contributed by atoms with Crippen molar-refractivity contribution >= 4 is 11.9 Å². The van der Waals surface area contributed by atoms with Gasteiger partial charge < -0.3 is 14.7 Å². The van der Waals surface area contributed by atoms with E-state index in [0.717, 1.165) is 12.1 Å². The molecule has 0 unspecified atom stereocenters. The molecule has 1 aromatic rings. The first-order chi connectivity index (χ1) is 11.3. The molecule has 132 valence electrons. The molecule has 1 N–H and O–H groups in total. The fourth-order valence-corrected chi connectivity index (χ4v) is 2.98. The second-order valence-corrected chi connectivity index (χ2v) is 5.63. The molecule has 1 heterocycles. The van der Waals surface area contributed by atoms with Gasteiger partial charge in [0, 0.05) is 20.1 Å². The number of piperidine rings is 1. The van der Waals surface area contributed by atoms with E-state index in [4.69, 9.17) is 4.74 Å². The van der Waals surface area contributed by atoms with Crippen LogP contribution in [0.5, 0.6) is 0 Å². The molecule has 8 heteroatoms. The van der Waals surface area contributed by atoms with E-state index in [1.165, 1.54) is 24.1 Å². The Bertz CT molecular complexity index is 618. The summed E-state index contributed by atoms with van der Waals surface area (Å²) in [5, 5.41) is 9.44. The fraction of sp³-hybridized carbons (Fsp3) is 0.500. The maximum atomic E-state index is 13.0. The number of halogens is 3. The van der Waals surface area contributed by atoms with Crippen LogP contribution in [0.3, 0.4) is 0 Å². The third kappa shape index (κ3) is 3.87. The molecular weight excluding hydrogens is 327 g/mol. The minimum Gasteiger partial charge on any atom is -0.481 e. The molecule has 0 spiro atoms. The van der Waals surface area contributed by atoms with Crippen LogP contribution in [0.1, 0.15) is 30.0 Å². The number of likely N-dealkylation sites (tertiary alicyclic amines) is 1. The van der Waals surface area contributed by atoms with Crippen molar-refractivity contribution in [3.63, 3.8) is 0 Å². The predicted molar refractivity (Wildman–Crippen MR) is 78.1 cm³/mol. The maximum Gasteiger partial charge on any atom is 0.416 e. The number of carboxylic acid groups (broad SMARTS) is 1. The van der Waals surface area contributed by atoms with Crippen LogP contribution in [0.25, 0.3) is 0 Å². The first-order valence-electron chi connectivity index (χ1n) is 7.44. The number of aliphatic carboxylic acids is 1. The predicted octanol–water partition coefficient (Wildman–Crippen LogP) is 2.72. The third-order valence-corrected chi connectivity index (χ3v) is 4.12. The molecule has 0 aromatic heterocycles. The third-order valence-electron chi connectivity index (χ3n) is 4.12. The SMILES string of the molecule is COCCN1C(=O)CC[C@H](C(=O)O)[C@@H]1c1cccc(C(F)(F)F)c1. The highest BCUT2D eigenvalue weighted by Crippen LogP contribution is 2.39. The molecule has 1 aliphatic heterocycles. The lowest BCUT2D eigenvalue weighted by atomic mass is 9.84. The van der Waals surface area contributed by atoms with E-state index in [-0.39, 0.29) is 37.5 Å². The van der Waals surface area contributed by atoms with Crippen molar-refractivity contribution in [1.82, 2.24) is 4.90 Å². The van der Waals surface area contributed by atoms with Gasteiger partial charge in [0.2, 0.25) is 5.91 Å². The first kappa shape index (κ1) is 18.3. The van der Waals surface area contributed by atoms with Crippen LogP contribution in [0.2, 0.25) is 0 Å².